The fourth-order valence-corrected chi connectivity index (χ4v) is 2.55. The molecule has 2 aromatic heterocycles. The van der Waals surface area contributed by atoms with Gasteiger partial charge in [-0.1, -0.05) is 0 Å². The number of aryl methyl sites for hydroxylation is 1. The van der Waals surface area contributed by atoms with Gasteiger partial charge in [0.25, 0.3) is 0 Å². The van der Waals surface area contributed by atoms with E-state index < -0.39 is 10.1 Å². The Morgan fingerprint density at radius 3 is 2.93 bits per heavy atom. The van der Waals surface area contributed by atoms with Gasteiger partial charge in [-0.05, 0) is 6.92 Å². The third kappa shape index (κ3) is 1.60. The maximum absolute atomic E-state index is 11.0. The number of imidazole rings is 1. The Hall–Kier alpha value is -1.08. The van der Waals surface area contributed by atoms with Gasteiger partial charge in [0.2, 0.25) is 5.88 Å². The first-order valence-electron chi connectivity index (χ1n) is 3.78. The van der Waals surface area contributed by atoms with E-state index in [2.05, 4.69) is 4.98 Å². The van der Waals surface area contributed by atoms with E-state index >= 15 is 0 Å². The Kier molecular flexibility index (Phi) is 2.00. The Balaban J connectivity index is 2.60. The third-order valence-corrected chi connectivity index (χ3v) is 3.07. The maximum atomic E-state index is 11.0. The van der Waals surface area contributed by atoms with Crippen molar-refractivity contribution in [3.05, 3.63) is 17.4 Å². The summed E-state index contributed by atoms with van der Waals surface area (Å²) in [4.78, 5) is 5.57. The number of rotatable bonds is 2. The molecule has 0 radical (unpaired) electrons. The third-order valence-electron chi connectivity index (χ3n) is 1.61. The summed E-state index contributed by atoms with van der Waals surface area (Å²) in [7, 11) is -3.48. The van der Waals surface area contributed by atoms with E-state index in [4.69, 9.17) is 4.18 Å². The first-order valence-corrected chi connectivity index (χ1v) is 6.41. The molecule has 5 nitrogen and oxygen atoms in total. The number of thiazole rings is 1. The van der Waals surface area contributed by atoms with Gasteiger partial charge in [-0.15, -0.1) is 11.3 Å². The lowest BCUT2D eigenvalue weighted by atomic mass is 10.6. The summed E-state index contributed by atoms with van der Waals surface area (Å²) < 4.78 is 28.4. The second kappa shape index (κ2) is 2.96. The van der Waals surface area contributed by atoms with Crippen molar-refractivity contribution in [3.63, 3.8) is 0 Å². The van der Waals surface area contributed by atoms with Crippen LogP contribution in [0.1, 0.15) is 4.88 Å². The molecule has 0 N–H and O–H groups in total. The van der Waals surface area contributed by atoms with Gasteiger partial charge in [0.05, 0.1) is 17.3 Å². The lowest BCUT2D eigenvalue weighted by Crippen LogP contribution is -2.07. The Morgan fingerprint density at radius 1 is 1.57 bits per heavy atom. The molecule has 0 unspecified atom stereocenters. The van der Waals surface area contributed by atoms with E-state index in [0.29, 0.717) is 5.88 Å². The number of aromatic nitrogens is 2. The van der Waals surface area contributed by atoms with Crippen LogP contribution in [-0.4, -0.2) is 24.1 Å². The highest BCUT2D eigenvalue weighted by Crippen LogP contribution is 2.29. The minimum Gasteiger partial charge on any atom is -0.362 e. The Labute approximate surface area is 85.1 Å². The van der Waals surface area contributed by atoms with Crippen molar-refractivity contribution < 1.29 is 12.6 Å². The van der Waals surface area contributed by atoms with Gasteiger partial charge >= 0.3 is 10.1 Å². The number of nitrogens with zero attached hydrogens (tertiary/aromatic N) is 2. The van der Waals surface area contributed by atoms with E-state index in [9.17, 15) is 8.42 Å². The summed E-state index contributed by atoms with van der Waals surface area (Å²) in [5.74, 6) is 0.324. The molecule has 0 saturated heterocycles. The second-order valence-corrected chi connectivity index (χ2v) is 5.66. The van der Waals surface area contributed by atoms with Crippen molar-refractivity contribution in [1.82, 2.24) is 9.38 Å². The molecule has 0 atom stereocenters. The standard InChI is InChI=1S/C7H8N2O3S2/c1-5-7(12-14(2,10)11)9-4-8-3-6(9)13-5/h3-4H,1-2H3. The van der Waals surface area contributed by atoms with Gasteiger partial charge < -0.3 is 4.18 Å². The molecule has 0 saturated carbocycles. The van der Waals surface area contributed by atoms with Crippen molar-refractivity contribution in [2.75, 3.05) is 6.26 Å². The Bertz CT molecular complexity index is 567. The van der Waals surface area contributed by atoms with Crippen LogP contribution < -0.4 is 4.18 Å². The van der Waals surface area contributed by atoms with E-state index in [1.807, 2.05) is 0 Å². The van der Waals surface area contributed by atoms with Crippen molar-refractivity contribution in [2.45, 2.75) is 6.92 Å². The van der Waals surface area contributed by atoms with E-state index in [-0.39, 0.29) is 0 Å². The minimum atomic E-state index is -3.48. The van der Waals surface area contributed by atoms with Gasteiger partial charge in [-0.2, -0.15) is 8.42 Å². The molecule has 14 heavy (non-hydrogen) atoms. The average molecular weight is 232 g/mol. The van der Waals surface area contributed by atoms with Crippen LogP contribution in [0.2, 0.25) is 0 Å². The van der Waals surface area contributed by atoms with Crippen LogP contribution in [0.3, 0.4) is 0 Å². The van der Waals surface area contributed by atoms with E-state index in [0.717, 1.165) is 16.0 Å². The minimum absolute atomic E-state index is 0.324. The van der Waals surface area contributed by atoms with Crippen molar-refractivity contribution in [1.29, 1.82) is 0 Å². The molecule has 76 valence electrons. The monoisotopic (exact) mass is 232 g/mol. The van der Waals surface area contributed by atoms with Gasteiger partial charge in [0, 0.05) is 0 Å². The predicted molar refractivity (Wildman–Crippen MR) is 53.3 cm³/mol. The second-order valence-electron chi connectivity index (χ2n) is 2.85. The molecule has 7 heteroatoms. The van der Waals surface area contributed by atoms with E-state index in [1.165, 1.54) is 17.7 Å². The van der Waals surface area contributed by atoms with Crippen molar-refractivity contribution >= 4 is 26.3 Å². The maximum Gasteiger partial charge on any atom is 0.307 e. The smallest absolute Gasteiger partial charge is 0.307 e. The van der Waals surface area contributed by atoms with Crippen LogP contribution in [0.15, 0.2) is 12.5 Å². The number of hydrogen-bond acceptors (Lipinski definition) is 5. The largest absolute Gasteiger partial charge is 0.362 e. The summed E-state index contributed by atoms with van der Waals surface area (Å²) >= 11 is 1.44. The van der Waals surface area contributed by atoms with Crippen LogP contribution >= 0.6 is 11.3 Å². The van der Waals surface area contributed by atoms with Crippen LogP contribution in [0, 0.1) is 6.92 Å². The molecule has 2 heterocycles. The van der Waals surface area contributed by atoms with Crippen LogP contribution in [0.5, 0.6) is 5.88 Å². The molecular formula is C7H8N2O3S2. The van der Waals surface area contributed by atoms with Gasteiger partial charge in [-0.3, -0.25) is 4.40 Å². The lowest BCUT2D eigenvalue weighted by molar-refractivity contribution is 0.478. The number of hydrogen-bond donors (Lipinski definition) is 0. The van der Waals surface area contributed by atoms with Crippen LogP contribution in [-0.2, 0) is 10.1 Å². The normalized spacial score (nSPS) is 12.1. The molecular weight excluding hydrogens is 224 g/mol. The first kappa shape index (κ1) is 9.47. The zero-order valence-corrected chi connectivity index (χ0v) is 9.22. The fraction of sp³-hybridized carbons (Fsp3) is 0.286. The van der Waals surface area contributed by atoms with E-state index in [1.54, 1.807) is 17.5 Å². The zero-order chi connectivity index (χ0) is 10.3. The molecule has 2 aromatic rings. The highest BCUT2D eigenvalue weighted by Gasteiger charge is 2.14. The molecule has 0 aliphatic carbocycles. The molecule has 0 aliphatic rings. The first-order chi connectivity index (χ1) is 6.47. The van der Waals surface area contributed by atoms with Gasteiger partial charge in [-0.25, -0.2) is 4.98 Å². The van der Waals surface area contributed by atoms with Gasteiger partial charge in [0.1, 0.15) is 11.2 Å². The highest BCUT2D eigenvalue weighted by atomic mass is 32.2. The molecule has 0 fully saturated rings. The average Bonchev–Trinajstić information content (AvgIpc) is 2.54. The highest BCUT2D eigenvalue weighted by molar-refractivity contribution is 7.86. The summed E-state index contributed by atoms with van der Waals surface area (Å²) in [5.41, 5.74) is 0. The van der Waals surface area contributed by atoms with Crippen LogP contribution in [0.25, 0.3) is 4.83 Å². The quantitative estimate of drug-likeness (QED) is 0.726. The lowest BCUT2D eigenvalue weighted by Gasteiger charge is -2.01. The molecule has 0 bridgehead atoms. The molecule has 0 aromatic carbocycles. The van der Waals surface area contributed by atoms with Crippen molar-refractivity contribution in [3.8, 4) is 5.88 Å². The number of fused-ring (bicyclic) bond motifs is 1. The molecule has 0 spiro atoms. The summed E-state index contributed by atoms with van der Waals surface area (Å²) in [6.07, 6.45) is 4.21. The van der Waals surface area contributed by atoms with Crippen LogP contribution in [0.4, 0.5) is 0 Å². The summed E-state index contributed by atoms with van der Waals surface area (Å²) in [5, 5.41) is 0. The zero-order valence-electron chi connectivity index (χ0n) is 7.59. The molecule has 2 rings (SSSR count). The predicted octanol–water partition coefficient (Wildman–Crippen LogP) is 1.04. The molecule has 0 aliphatic heterocycles. The van der Waals surface area contributed by atoms with Gasteiger partial charge in [0.15, 0.2) is 0 Å². The summed E-state index contributed by atoms with van der Waals surface area (Å²) in [6.45, 7) is 1.80. The van der Waals surface area contributed by atoms with Crippen molar-refractivity contribution in [2.24, 2.45) is 0 Å². The fourth-order valence-electron chi connectivity index (χ4n) is 1.12. The SMILES string of the molecule is Cc1sc2cncn2c1OS(C)(=O)=O. The Morgan fingerprint density at radius 2 is 2.29 bits per heavy atom. The molecule has 0 amide bonds. The summed E-state index contributed by atoms with van der Waals surface area (Å²) in [6, 6.07) is 0. The topological polar surface area (TPSA) is 60.7 Å².